The lowest BCUT2D eigenvalue weighted by Crippen LogP contribution is -2.26. The highest BCUT2D eigenvalue weighted by Gasteiger charge is 2.27. The van der Waals surface area contributed by atoms with E-state index in [0.717, 1.165) is 24.0 Å². The molecule has 0 bridgehead atoms. The summed E-state index contributed by atoms with van der Waals surface area (Å²) in [6, 6.07) is 11.0. The lowest BCUT2D eigenvalue weighted by atomic mass is 10.0. The predicted molar refractivity (Wildman–Crippen MR) is 95.1 cm³/mol. The largest absolute Gasteiger partial charge is 0.507 e. The van der Waals surface area contributed by atoms with Gasteiger partial charge in [0.25, 0.3) is 0 Å². The standard InChI is InChI=1S/C19H18N4O2/c1-2-18(25)23-8-7-12(11-23)15-9-13-10-16(21-22-19(13)20-15)14-5-3-4-6-17(14)24/h2-6,9-10,12,24H,1,7-8,11H2,(H,20,22). The van der Waals surface area contributed by atoms with Gasteiger partial charge in [0.15, 0.2) is 5.65 Å². The van der Waals surface area contributed by atoms with Gasteiger partial charge >= 0.3 is 0 Å². The highest BCUT2D eigenvalue weighted by molar-refractivity contribution is 5.87. The van der Waals surface area contributed by atoms with Gasteiger partial charge in [-0.2, -0.15) is 0 Å². The van der Waals surface area contributed by atoms with Crippen LogP contribution in [0.15, 0.2) is 49.1 Å². The maximum absolute atomic E-state index is 11.7. The normalized spacial score (nSPS) is 17.1. The molecule has 0 saturated carbocycles. The van der Waals surface area contributed by atoms with E-state index in [1.165, 1.54) is 6.08 Å². The molecule has 126 valence electrons. The zero-order valence-corrected chi connectivity index (χ0v) is 13.6. The van der Waals surface area contributed by atoms with Gasteiger partial charge in [0.2, 0.25) is 5.91 Å². The number of phenolic OH excluding ortho intramolecular Hbond substituents is 1. The average Bonchev–Trinajstić information content (AvgIpc) is 3.27. The summed E-state index contributed by atoms with van der Waals surface area (Å²) in [6.07, 6.45) is 2.27. The molecule has 25 heavy (non-hydrogen) atoms. The van der Waals surface area contributed by atoms with E-state index in [-0.39, 0.29) is 17.6 Å². The van der Waals surface area contributed by atoms with Gasteiger partial charge in [0.1, 0.15) is 5.75 Å². The Morgan fingerprint density at radius 2 is 2.16 bits per heavy atom. The molecule has 1 saturated heterocycles. The van der Waals surface area contributed by atoms with Crippen molar-refractivity contribution in [3.05, 3.63) is 54.7 Å². The second-order valence-corrected chi connectivity index (χ2v) is 6.25. The third-order valence-electron chi connectivity index (χ3n) is 4.69. The quantitative estimate of drug-likeness (QED) is 0.722. The van der Waals surface area contributed by atoms with Crippen LogP contribution in [-0.2, 0) is 4.79 Å². The number of fused-ring (bicyclic) bond motifs is 1. The van der Waals surface area contributed by atoms with Crippen LogP contribution in [0.3, 0.4) is 0 Å². The van der Waals surface area contributed by atoms with Crippen molar-refractivity contribution in [2.45, 2.75) is 12.3 Å². The topological polar surface area (TPSA) is 82.1 Å². The molecule has 1 unspecified atom stereocenters. The van der Waals surface area contributed by atoms with Crippen molar-refractivity contribution in [2.24, 2.45) is 0 Å². The fraction of sp³-hybridized carbons (Fsp3) is 0.211. The molecule has 2 aromatic heterocycles. The highest BCUT2D eigenvalue weighted by atomic mass is 16.3. The molecule has 1 aliphatic heterocycles. The molecule has 0 aliphatic carbocycles. The molecule has 3 heterocycles. The molecule has 4 rings (SSSR count). The summed E-state index contributed by atoms with van der Waals surface area (Å²) in [5.74, 6) is 0.410. The van der Waals surface area contributed by atoms with Crippen LogP contribution in [0, 0.1) is 0 Å². The number of likely N-dealkylation sites (tertiary alicyclic amines) is 1. The smallest absolute Gasteiger partial charge is 0.245 e. The zero-order valence-electron chi connectivity index (χ0n) is 13.6. The van der Waals surface area contributed by atoms with Gasteiger partial charge in [0, 0.05) is 35.7 Å². The third-order valence-corrected chi connectivity index (χ3v) is 4.69. The van der Waals surface area contributed by atoms with Crippen LogP contribution in [0.1, 0.15) is 18.0 Å². The van der Waals surface area contributed by atoms with E-state index in [2.05, 4.69) is 27.8 Å². The van der Waals surface area contributed by atoms with E-state index in [1.807, 2.05) is 23.1 Å². The fourth-order valence-corrected chi connectivity index (χ4v) is 3.34. The molecule has 0 spiro atoms. The summed E-state index contributed by atoms with van der Waals surface area (Å²) in [5.41, 5.74) is 3.05. The van der Waals surface area contributed by atoms with Gasteiger partial charge in [-0.1, -0.05) is 18.7 Å². The summed E-state index contributed by atoms with van der Waals surface area (Å²) in [7, 11) is 0. The van der Waals surface area contributed by atoms with Gasteiger partial charge < -0.3 is 15.0 Å². The highest BCUT2D eigenvalue weighted by Crippen LogP contribution is 2.31. The molecule has 3 aromatic rings. The first-order valence-corrected chi connectivity index (χ1v) is 8.22. The molecule has 1 aromatic carbocycles. The number of aromatic nitrogens is 3. The lowest BCUT2D eigenvalue weighted by molar-refractivity contribution is -0.125. The minimum Gasteiger partial charge on any atom is -0.507 e. The number of hydrogen-bond donors (Lipinski definition) is 2. The van der Waals surface area contributed by atoms with Crippen LogP contribution in [0.2, 0.25) is 0 Å². The number of hydrogen-bond acceptors (Lipinski definition) is 4. The van der Waals surface area contributed by atoms with Crippen molar-refractivity contribution in [3.63, 3.8) is 0 Å². The second kappa shape index (κ2) is 6.05. The van der Waals surface area contributed by atoms with E-state index in [9.17, 15) is 9.90 Å². The molecule has 1 aliphatic rings. The van der Waals surface area contributed by atoms with E-state index in [0.29, 0.717) is 23.4 Å². The van der Waals surface area contributed by atoms with Crippen molar-refractivity contribution in [3.8, 4) is 17.0 Å². The number of amides is 1. The number of H-pyrrole nitrogens is 1. The number of carbonyl (C=O) groups is 1. The monoisotopic (exact) mass is 334 g/mol. The number of benzene rings is 1. The first-order valence-electron chi connectivity index (χ1n) is 8.22. The molecule has 6 nitrogen and oxygen atoms in total. The number of carbonyl (C=O) groups excluding carboxylic acids is 1. The van der Waals surface area contributed by atoms with Gasteiger partial charge in [0.05, 0.1) is 5.69 Å². The Bertz CT molecular complexity index is 963. The molecular weight excluding hydrogens is 316 g/mol. The van der Waals surface area contributed by atoms with E-state index < -0.39 is 0 Å². The lowest BCUT2D eigenvalue weighted by Gasteiger charge is -2.13. The van der Waals surface area contributed by atoms with Crippen LogP contribution in [0.4, 0.5) is 0 Å². The maximum Gasteiger partial charge on any atom is 0.245 e. The first kappa shape index (κ1) is 15.4. The van der Waals surface area contributed by atoms with Gasteiger partial charge in [-0.25, -0.2) is 0 Å². The number of nitrogens with zero attached hydrogens (tertiary/aromatic N) is 3. The number of rotatable bonds is 3. The van der Waals surface area contributed by atoms with Crippen LogP contribution >= 0.6 is 0 Å². The average molecular weight is 334 g/mol. The van der Waals surface area contributed by atoms with E-state index in [4.69, 9.17) is 0 Å². The summed E-state index contributed by atoms with van der Waals surface area (Å²) in [6.45, 7) is 4.96. The summed E-state index contributed by atoms with van der Waals surface area (Å²) in [5, 5.41) is 19.4. The Balaban J connectivity index is 1.64. The molecule has 0 radical (unpaired) electrons. The minimum atomic E-state index is -0.0276. The van der Waals surface area contributed by atoms with E-state index >= 15 is 0 Å². The Labute approximate surface area is 144 Å². The fourth-order valence-electron chi connectivity index (χ4n) is 3.34. The van der Waals surface area contributed by atoms with Crippen LogP contribution in [-0.4, -0.2) is 44.2 Å². The number of aromatic hydroxyl groups is 1. The Morgan fingerprint density at radius 1 is 1.32 bits per heavy atom. The zero-order chi connectivity index (χ0) is 17.4. The van der Waals surface area contributed by atoms with Crippen LogP contribution < -0.4 is 0 Å². The summed E-state index contributed by atoms with van der Waals surface area (Å²) in [4.78, 5) is 16.9. The minimum absolute atomic E-state index is 0.0276. The van der Waals surface area contributed by atoms with Crippen LogP contribution in [0.25, 0.3) is 22.3 Å². The molecule has 2 N–H and O–H groups in total. The third kappa shape index (κ3) is 2.76. The summed E-state index contributed by atoms with van der Waals surface area (Å²) >= 11 is 0. The number of para-hydroxylation sites is 1. The number of aromatic amines is 1. The van der Waals surface area contributed by atoms with Crippen molar-refractivity contribution in [1.29, 1.82) is 0 Å². The van der Waals surface area contributed by atoms with Crippen LogP contribution in [0.5, 0.6) is 5.75 Å². The second-order valence-electron chi connectivity index (χ2n) is 6.25. The van der Waals surface area contributed by atoms with Crippen molar-refractivity contribution >= 4 is 16.9 Å². The predicted octanol–water partition coefficient (Wildman–Crippen LogP) is 2.83. The van der Waals surface area contributed by atoms with Crippen molar-refractivity contribution in [1.82, 2.24) is 20.1 Å². The molecule has 1 fully saturated rings. The molecular formula is C19H18N4O2. The Kier molecular flexibility index (Phi) is 3.72. The number of phenols is 1. The Morgan fingerprint density at radius 3 is 2.96 bits per heavy atom. The van der Waals surface area contributed by atoms with E-state index in [1.54, 1.807) is 12.1 Å². The first-order chi connectivity index (χ1) is 12.2. The molecule has 1 amide bonds. The van der Waals surface area contributed by atoms with Crippen molar-refractivity contribution < 1.29 is 9.90 Å². The van der Waals surface area contributed by atoms with Gasteiger partial charge in [-0.3, -0.25) is 4.79 Å². The van der Waals surface area contributed by atoms with Crippen molar-refractivity contribution in [2.75, 3.05) is 13.1 Å². The molecule has 1 atom stereocenters. The van der Waals surface area contributed by atoms with Gasteiger partial charge in [-0.15, -0.1) is 10.2 Å². The Hall–Kier alpha value is -3.15. The van der Waals surface area contributed by atoms with Gasteiger partial charge in [-0.05, 0) is 36.8 Å². The molecule has 6 heteroatoms. The summed E-state index contributed by atoms with van der Waals surface area (Å²) < 4.78 is 0. The SMILES string of the molecule is C=CC(=O)N1CCC(c2cc3cc(-c4ccccc4O)nnc3[nH]2)C1. The number of nitrogens with one attached hydrogen (secondary N) is 1. The maximum atomic E-state index is 11.7.